The van der Waals surface area contributed by atoms with Gasteiger partial charge in [-0.1, -0.05) is 6.07 Å². The molecule has 0 bridgehead atoms. The molecule has 5 nitrogen and oxygen atoms in total. The van der Waals surface area contributed by atoms with Crippen LogP contribution in [0.3, 0.4) is 0 Å². The smallest absolute Gasteiger partial charge is 0.329 e. The molecule has 20 heavy (non-hydrogen) atoms. The van der Waals surface area contributed by atoms with E-state index in [-0.39, 0.29) is 12.0 Å². The van der Waals surface area contributed by atoms with Crippen LogP contribution in [0.15, 0.2) is 30.0 Å². The van der Waals surface area contributed by atoms with Crippen molar-refractivity contribution in [3.63, 3.8) is 0 Å². The number of methoxy groups -OCH3 is 1. The number of carbonyl (C=O) groups is 1. The van der Waals surface area contributed by atoms with Crippen LogP contribution in [-0.2, 0) is 16.1 Å². The lowest BCUT2D eigenvalue weighted by molar-refractivity contribution is -0.143. The first-order valence-electron chi connectivity index (χ1n) is 6.48. The van der Waals surface area contributed by atoms with E-state index in [0.717, 1.165) is 5.69 Å². The summed E-state index contributed by atoms with van der Waals surface area (Å²) in [6.45, 7) is 4.73. The molecule has 108 valence electrons. The second kappa shape index (κ2) is 6.67. The van der Waals surface area contributed by atoms with Crippen molar-refractivity contribution in [3.05, 3.63) is 40.6 Å². The highest BCUT2D eigenvalue weighted by Gasteiger charge is 2.25. The van der Waals surface area contributed by atoms with E-state index in [1.807, 2.05) is 22.1 Å². The van der Waals surface area contributed by atoms with Crippen molar-refractivity contribution in [1.29, 1.82) is 0 Å². The fraction of sp³-hybridized carbons (Fsp3) is 0.429. The minimum atomic E-state index is -0.507. The third kappa shape index (κ3) is 3.26. The van der Waals surface area contributed by atoms with Gasteiger partial charge in [0.1, 0.15) is 6.04 Å². The summed E-state index contributed by atoms with van der Waals surface area (Å²) in [5, 5.41) is 5.26. The lowest BCUT2D eigenvalue weighted by Crippen LogP contribution is -2.31. The number of esters is 1. The lowest BCUT2D eigenvalue weighted by atomic mass is 10.2. The third-order valence-electron chi connectivity index (χ3n) is 3.05. The number of rotatable bonds is 6. The van der Waals surface area contributed by atoms with E-state index in [1.165, 1.54) is 12.0 Å². The number of aromatic nitrogens is 2. The Hall–Kier alpha value is -1.66. The fourth-order valence-electron chi connectivity index (χ4n) is 2.01. The van der Waals surface area contributed by atoms with Crippen LogP contribution in [0.5, 0.6) is 0 Å². The van der Waals surface area contributed by atoms with Crippen molar-refractivity contribution in [1.82, 2.24) is 14.9 Å². The normalized spacial score (nSPS) is 12.6. The molecule has 0 saturated heterocycles. The number of imidazole rings is 1. The molecule has 1 N–H and O–H groups in total. The van der Waals surface area contributed by atoms with Gasteiger partial charge in [0.15, 0.2) is 0 Å². The molecule has 2 aromatic rings. The number of carbonyl (C=O) groups excluding carboxylic acids is 1. The minimum absolute atomic E-state index is 0.239. The predicted octanol–water partition coefficient (Wildman–Crippen LogP) is 2.53. The topological polar surface area (TPSA) is 56.1 Å². The van der Waals surface area contributed by atoms with Gasteiger partial charge in [-0.05, 0) is 25.3 Å². The molecule has 0 aliphatic heterocycles. The van der Waals surface area contributed by atoms with Crippen LogP contribution >= 0.6 is 11.3 Å². The minimum Gasteiger partial charge on any atom is -0.468 e. The highest BCUT2D eigenvalue weighted by Crippen LogP contribution is 2.19. The maximum Gasteiger partial charge on any atom is 0.329 e. The van der Waals surface area contributed by atoms with E-state index in [0.29, 0.717) is 6.54 Å². The van der Waals surface area contributed by atoms with Crippen LogP contribution in [-0.4, -0.2) is 22.6 Å². The molecule has 0 aliphatic carbocycles. The van der Waals surface area contributed by atoms with Crippen LogP contribution in [0.1, 0.15) is 36.5 Å². The Labute approximate surface area is 122 Å². The summed E-state index contributed by atoms with van der Waals surface area (Å²) in [5.41, 5.74) is 0.823. The quantitative estimate of drug-likeness (QED) is 0.832. The first-order chi connectivity index (χ1) is 9.63. The molecule has 0 aromatic carbocycles. The Morgan fingerprint density at radius 3 is 2.95 bits per heavy atom. The van der Waals surface area contributed by atoms with Gasteiger partial charge in [0.25, 0.3) is 0 Å². The van der Waals surface area contributed by atoms with Crippen molar-refractivity contribution in [3.8, 4) is 0 Å². The average Bonchev–Trinajstić information content (AvgIpc) is 3.09. The summed E-state index contributed by atoms with van der Waals surface area (Å²) >= 11 is 1.65. The van der Waals surface area contributed by atoms with Gasteiger partial charge in [0.05, 0.1) is 25.3 Å². The van der Waals surface area contributed by atoms with E-state index in [2.05, 4.69) is 24.1 Å². The molecule has 0 aliphatic rings. The van der Waals surface area contributed by atoms with Crippen LogP contribution < -0.4 is 5.32 Å². The SMILES string of the molecule is COC(=O)C(NCc1cccs1)c1cncn1C(C)C. The monoisotopic (exact) mass is 293 g/mol. The molecule has 0 radical (unpaired) electrons. The summed E-state index contributed by atoms with van der Waals surface area (Å²) in [5.74, 6) is -0.302. The van der Waals surface area contributed by atoms with Gasteiger partial charge in [-0.15, -0.1) is 11.3 Å². The van der Waals surface area contributed by atoms with Crippen molar-refractivity contribution < 1.29 is 9.53 Å². The second-order valence-corrected chi connectivity index (χ2v) is 5.77. The van der Waals surface area contributed by atoms with Crippen LogP contribution in [0.25, 0.3) is 0 Å². The maximum absolute atomic E-state index is 12.0. The van der Waals surface area contributed by atoms with Crippen molar-refractivity contribution in [2.75, 3.05) is 7.11 Å². The molecule has 1 atom stereocenters. The maximum atomic E-state index is 12.0. The van der Waals surface area contributed by atoms with E-state index in [4.69, 9.17) is 4.74 Å². The van der Waals surface area contributed by atoms with E-state index in [9.17, 15) is 4.79 Å². The summed E-state index contributed by atoms with van der Waals surface area (Å²) in [4.78, 5) is 17.3. The molecule has 0 amide bonds. The zero-order valence-electron chi connectivity index (χ0n) is 11.9. The first kappa shape index (κ1) is 14.7. The molecule has 2 aromatic heterocycles. The number of nitrogens with zero attached hydrogens (tertiary/aromatic N) is 2. The molecular weight excluding hydrogens is 274 g/mol. The Morgan fingerprint density at radius 2 is 2.35 bits per heavy atom. The molecular formula is C14H19N3O2S. The summed E-state index contributed by atoms with van der Waals surface area (Å²) in [6.07, 6.45) is 3.45. The van der Waals surface area contributed by atoms with E-state index >= 15 is 0 Å². The Morgan fingerprint density at radius 1 is 1.55 bits per heavy atom. The Balaban J connectivity index is 2.18. The number of hydrogen-bond donors (Lipinski definition) is 1. The molecule has 2 heterocycles. The summed E-state index contributed by atoms with van der Waals surface area (Å²) in [7, 11) is 1.40. The zero-order chi connectivity index (χ0) is 14.5. The zero-order valence-corrected chi connectivity index (χ0v) is 12.7. The summed E-state index contributed by atoms with van der Waals surface area (Å²) in [6, 6.07) is 3.76. The number of nitrogens with one attached hydrogen (secondary N) is 1. The Bertz CT molecular complexity index is 549. The number of hydrogen-bond acceptors (Lipinski definition) is 5. The van der Waals surface area contributed by atoms with Crippen molar-refractivity contribution in [2.45, 2.75) is 32.5 Å². The molecule has 0 spiro atoms. The first-order valence-corrected chi connectivity index (χ1v) is 7.36. The molecule has 0 saturated carbocycles. The molecule has 6 heteroatoms. The molecule has 1 unspecified atom stereocenters. The highest BCUT2D eigenvalue weighted by molar-refractivity contribution is 7.09. The fourth-order valence-corrected chi connectivity index (χ4v) is 2.67. The van der Waals surface area contributed by atoms with Gasteiger partial charge < -0.3 is 9.30 Å². The van der Waals surface area contributed by atoms with Crippen LogP contribution in [0, 0.1) is 0 Å². The largest absolute Gasteiger partial charge is 0.468 e. The van der Waals surface area contributed by atoms with Gasteiger partial charge in [0.2, 0.25) is 0 Å². The molecule has 2 rings (SSSR count). The van der Waals surface area contributed by atoms with Gasteiger partial charge in [0, 0.05) is 17.5 Å². The van der Waals surface area contributed by atoms with Gasteiger partial charge >= 0.3 is 5.97 Å². The van der Waals surface area contributed by atoms with Crippen LogP contribution in [0.4, 0.5) is 0 Å². The predicted molar refractivity (Wildman–Crippen MR) is 78.5 cm³/mol. The third-order valence-corrected chi connectivity index (χ3v) is 3.92. The van der Waals surface area contributed by atoms with Gasteiger partial charge in [-0.25, -0.2) is 9.78 Å². The Kier molecular flexibility index (Phi) is 4.92. The number of thiophene rings is 1. The summed E-state index contributed by atoms with van der Waals surface area (Å²) < 4.78 is 6.88. The number of ether oxygens (including phenoxy) is 1. The molecule has 0 fully saturated rings. The van der Waals surface area contributed by atoms with Gasteiger partial charge in [-0.3, -0.25) is 5.32 Å². The lowest BCUT2D eigenvalue weighted by Gasteiger charge is -2.19. The van der Waals surface area contributed by atoms with Crippen LogP contribution in [0.2, 0.25) is 0 Å². The van der Waals surface area contributed by atoms with E-state index < -0.39 is 6.04 Å². The van der Waals surface area contributed by atoms with E-state index in [1.54, 1.807) is 23.9 Å². The van der Waals surface area contributed by atoms with Crippen molar-refractivity contribution >= 4 is 17.3 Å². The highest BCUT2D eigenvalue weighted by atomic mass is 32.1. The standard InChI is InChI=1S/C14H19N3O2S/c1-10(2)17-9-15-8-12(17)13(14(18)19-3)16-7-11-5-4-6-20-11/h4-6,8-10,13,16H,7H2,1-3H3. The second-order valence-electron chi connectivity index (χ2n) is 4.74. The van der Waals surface area contributed by atoms with Crippen molar-refractivity contribution in [2.24, 2.45) is 0 Å². The van der Waals surface area contributed by atoms with Gasteiger partial charge in [-0.2, -0.15) is 0 Å². The average molecular weight is 293 g/mol.